The average molecular weight is 1760 g/mol. The number of aromatic nitrogens is 4. The minimum Gasteiger partial charge on any atom is -0.497 e. The predicted molar refractivity (Wildman–Crippen MR) is 528 cm³/mol. The summed E-state index contributed by atoms with van der Waals surface area (Å²) in [7, 11) is 18.4. The van der Waals surface area contributed by atoms with Crippen LogP contribution < -0.4 is 35.5 Å². The highest BCUT2D eigenvalue weighted by Crippen LogP contribution is 2.35. The fourth-order valence-electron chi connectivity index (χ4n) is 16.2. The van der Waals surface area contributed by atoms with Crippen LogP contribution in [-0.2, 0) is 51.9 Å². The van der Waals surface area contributed by atoms with Gasteiger partial charge < -0.3 is 73.3 Å². The molecule has 16 aromatic rings. The number of anilines is 4. The number of rotatable bonds is 33. The third-order valence-electron chi connectivity index (χ3n) is 22.9. The Morgan fingerprint density at radius 3 is 0.931 bits per heavy atom. The third-order valence-corrected chi connectivity index (χ3v) is 22.9. The molecule has 21 heteroatoms. The molecule has 0 radical (unpaired) electrons. The smallest absolute Gasteiger partial charge is 0.255 e. The van der Waals surface area contributed by atoms with E-state index in [1.165, 1.54) is 90.1 Å². The Morgan fingerprint density at radius 1 is 0.305 bits per heavy atom. The summed E-state index contributed by atoms with van der Waals surface area (Å²) in [5.74, 6) is 0.680. The second kappa shape index (κ2) is 45.2. The summed E-state index contributed by atoms with van der Waals surface area (Å²) in [4.78, 5) is 59.6. The zero-order valence-corrected chi connectivity index (χ0v) is 76.2. The van der Waals surface area contributed by atoms with Crippen LogP contribution in [0.2, 0.25) is 0 Å². The summed E-state index contributed by atoms with van der Waals surface area (Å²) in [5.41, 5.74) is 19.1. The Bertz CT molecular complexity index is 6570. The van der Waals surface area contributed by atoms with E-state index in [0.29, 0.717) is 50.8 Å². The number of carbonyl (C=O) groups excluding carboxylic acids is 4. The monoisotopic (exact) mass is 1750 g/mol. The maximum Gasteiger partial charge on any atom is 0.255 e. The zero-order chi connectivity index (χ0) is 91.7. The number of methoxy groups -OCH3 is 1. The van der Waals surface area contributed by atoms with Crippen LogP contribution in [0, 0.1) is 11.6 Å². The van der Waals surface area contributed by atoms with Crippen LogP contribution in [0.4, 0.5) is 31.5 Å². The van der Waals surface area contributed by atoms with Crippen LogP contribution in [0.15, 0.2) is 310 Å². The van der Waals surface area contributed by atoms with E-state index in [9.17, 15) is 28.0 Å². The first-order chi connectivity index (χ1) is 63.5. The van der Waals surface area contributed by atoms with Gasteiger partial charge in [-0.2, -0.15) is 0 Å². The van der Waals surface area contributed by atoms with Crippen LogP contribution in [-0.4, -0.2) is 158 Å². The van der Waals surface area contributed by atoms with Crippen molar-refractivity contribution in [2.45, 2.75) is 77.5 Å². The lowest BCUT2D eigenvalue weighted by molar-refractivity contribution is 0.101. The highest BCUT2D eigenvalue weighted by Gasteiger charge is 2.19. The second-order valence-electron chi connectivity index (χ2n) is 34.4. The average Bonchev–Trinajstić information content (AvgIpc) is 1.69. The molecule has 0 bridgehead atoms. The van der Waals surface area contributed by atoms with Crippen molar-refractivity contribution in [2.24, 2.45) is 0 Å². The van der Waals surface area contributed by atoms with Crippen molar-refractivity contribution < 1.29 is 42.2 Å². The lowest BCUT2D eigenvalue weighted by atomic mass is 10.0. The number of carbonyl (C=O) groups is 4. The number of aryl methyl sites for hydroxylation is 4. The normalized spacial score (nSPS) is 11.5. The number of nitrogens with one attached hydrogen (secondary N) is 4. The van der Waals surface area contributed by atoms with Gasteiger partial charge in [0.15, 0.2) is 11.5 Å². The molecule has 0 saturated carbocycles. The van der Waals surface area contributed by atoms with Gasteiger partial charge in [0.25, 0.3) is 23.6 Å². The third kappa shape index (κ3) is 26.7. The minimum absolute atomic E-state index is 0.118. The maximum atomic E-state index is 13.4. The Hall–Kier alpha value is -14.2. The van der Waals surface area contributed by atoms with Gasteiger partial charge in [0.2, 0.25) is 6.79 Å². The predicted octanol–water partition coefficient (Wildman–Crippen LogP) is 21.8. The molecule has 19 nitrogen and oxygen atoms in total. The molecule has 12 aromatic carbocycles. The summed E-state index contributed by atoms with van der Waals surface area (Å²) in [5, 5.41) is 16.4. The molecule has 0 aliphatic carbocycles. The number of nitrogens with zero attached hydrogens (tertiary/aromatic N) is 8. The van der Waals surface area contributed by atoms with Gasteiger partial charge in [0, 0.05) is 124 Å². The van der Waals surface area contributed by atoms with Gasteiger partial charge in [0.1, 0.15) is 17.4 Å². The molecule has 5 heterocycles. The van der Waals surface area contributed by atoms with Gasteiger partial charge in [-0.1, -0.05) is 78.9 Å². The largest absolute Gasteiger partial charge is 0.497 e. The summed E-state index contributed by atoms with van der Waals surface area (Å²) in [6, 6.07) is 90.4. The molecule has 4 N–H and O–H groups in total. The molecule has 0 atom stereocenters. The summed E-state index contributed by atoms with van der Waals surface area (Å²) < 4.78 is 51.6. The molecule has 4 amide bonds. The van der Waals surface area contributed by atoms with E-state index in [4.69, 9.17) is 14.2 Å². The first kappa shape index (κ1) is 92.9. The molecule has 4 aromatic heterocycles. The van der Waals surface area contributed by atoms with Crippen LogP contribution in [0.1, 0.15) is 112 Å². The van der Waals surface area contributed by atoms with Crippen molar-refractivity contribution in [3.63, 3.8) is 0 Å². The molecule has 0 fully saturated rings. The molecule has 131 heavy (non-hydrogen) atoms. The lowest BCUT2D eigenvalue weighted by Gasteiger charge is -2.11. The van der Waals surface area contributed by atoms with Crippen LogP contribution in [0.25, 0.3) is 43.6 Å². The van der Waals surface area contributed by atoms with Crippen molar-refractivity contribution in [1.29, 1.82) is 0 Å². The Labute approximate surface area is 766 Å². The highest BCUT2D eigenvalue weighted by molar-refractivity contribution is 6.07. The first-order valence-electron chi connectivity index (χ1n) is 44.6. The molecule has 0 saturated heterocycles. The molecule has 17 rings (SSSR count). The van der Waals surface area contributed by atoms with Gasteiger partial charge in [-0.3, -0.25) is 19.2 Å². The van der Waals surface area contributed by atoms with Gasteiger partial charge >= 0.3 is 0 Å². The summed E-state index contributed by atoms with van der Waals surface area (Å²) in [6.45, 7) is 8.56. The van der Waals surface area contributed by atoms with Gasteiger partial charge in [-0.15, -0.1) is 0 Å². The minimum atomic E-state index is -0.376. The van der Waals surface area contributed by atoms with Crippen LogP contribution >= 0.6 is 0 Å². The number of hydrogen-bond donors (Lipinski definition) is 4. The van der Waals surface area contributed by atoms with Crippen molar-refractivity contribution in [3.05, 3.63) is 388 Å². The van der Waals surface area contributed by atoms with E-state index in [1.807, 2.05) is 103 Å². The molecule has 1 aliphatic rings. The summed E-state index contributed by atoms with van der Waals surface area (Å²) >= 11 is 0. The number of ether oxygens (including phenoxy) is 3. The van der Waals surface area contributed by atoms with E-state index in [2.05, 4.69) is 249 Å². The molecule has 1 aliphatic heterocycles. The molecule has 672 valence electrons. The Morgan fingerprint density at radius 2 is 0.603 bits per heavy atom. The van der Waals surface area contributed by atoms with E-state index >= 15 is 0 Å². The van der Waals surface area contributed by atoms with E-state index in [0.717, 1.165) is 137 Å². The van der Waals surface area contributed by atoms with Crippen LogP contribution in [0.5, 0.6) is 17.2 Å². The molecule has 0 spiro atoms. The highest BCUT2D eigenvalue weighted by atomic mass is 19.1. The van der Waals surface area contributed by atoms with Gasteiger partial charge in [-0.05, 0) is 400 Å². The number of hydrogen-bond acceptors (Lipinski definition) is 11. The molecule has 0 unspecified atom stereocenters. The fraction of sp³-hybridized carbons (Fsp3) is 0.236. The number of halogens is 2. The number of benzene rings is 12. The van der Waals surface area contributed by atoms with E-state index in [-0.39, 0.29) is 42.1 Å². The van der Waals surface area contributed by atoms with E-state index < -0.39 is 0 Å². The van der Waals surface area contributed by atoms with Gasteiger partial charge in [0.05, 0.1) is 7.11 Å². The van der Waals surface area contributed by atoms with Crippen molar-refractivity contribution in [1.82, 2.24) is 37.9 Å². The lowest BCUT2D eigenvalue weighted by Crippen LogP contribution is -2.14. The SMILES string of the molecule is CN(C)CCCn1ccc2cc(Cc3cccc(C(=O)Nc4ccc(F)cc4)c3)ccc21.CN(C)CCCn1ccc2cc(Cc3cccc(C(=O)Nc4ccc5c(c4)OCO5)c3)ccc21.CN(C)CCCn1ccc2cc(Cc3cccc(C(=O)Nc4cccc(F)c4)c3)ccc21.COc1ccc(NC(=O)c2cccc(Cc3ccc4c(ccn4CCCN(C)C)c3)c2)cc1. The van der Waals surface area contributed by atoms with Crippen molar-refractivity contribution >= 4 is 90.0 Å². The number of amides is 4. The number of fused-ring (bicyclic) bond motifs is 5. The topological polar surface area (TPSA) is 177 Å². The van der Waals surface area contributed by atoms with E-state index in [1.54, 1.807) is 55.6 Å². The second-order valence-corrected chi connectivity index (χ2v) is 34.4. The molecular formula is C110H116F2N12O7. The van der Waals surface area contributed by atoms with Crippen LogP contribution in [0.3, 0.4) is 0 Å². The Balaban J connectivity index is 0.000000141. The van der Waals surface area contributed by atoms with Crippen molar-refractivity contribution in [2.75, 3.05) is 118 Å². The standard InChI is InChI=1S/C28H29N3O3.C28H31N3O2.2C27H28FN3O/c1-30(2)12-4-13-31-14-11-22-16-21(7-9-25(22)31)15-20-5-3-6-23(17-20)28(32)29-24-8-10-26-27(18-24)34-19-33-26;1-30(2)15-5-16-31-17-14-23-19-22(8-13-27(23)31)18-21-6-4-7-24(20-21)28(32)29-25-9-11-26(33-3)12-10-25;1-30(2)13-5-14-31-15-12-22-17-21(10-11-26(22)31)16-20-6-3-7-23(18-20)27(32)29-25-9-4-8-24(28)19-25;1-30(2)14-4-15-31-16-13-22-18-21(7-12-26(22)31)17-20-5-3-6-23(19-20)27(32)29-25-10-8-24(28)9-11-25/h3,5-11,14,16-18H,4,12-13,15,19H2,1-2H3,(H,29,32);4,6-14,17,19-20H,5,15-16,18H2,1-3H3,(H,29,32);3-4,6-12,15,17-19H,5,13-14,16H2,1-2H3,(H,29,32);3,5-13,16,18-19H,4,14-15,17H2,1-2H3,(H,29,32). The maximum absolute atomic E-state index is 13.4. The summed E-state index contributed by atoms with van der Waals surface area (Å²) in [6.07, 6.45) is 16.2. The first-order valence-corrected chi connectivity index (χ1v) is 44.6. The quantitative estimate of drug-likeness (QED) is 0.0308. The van der Waals surface area contributed by atoms with Crippen molar-refractivity contribution in [3.8, 4) is 17.2 Å². The fourth-order valence-corrected chi connectivity index (χ4v) is 16.2. The Kier molecular flexibility index (Phi) is 32.0. The zero-order valence-electron chi connectivity index (χ0n) is 76.2. The van der Waals surface area contributed by atoms with Gasteiger partial charge in [-0.25, -0.2) is 8.78 Å². The molecular weight excluding hydrogens is 1640 g/mol.